The van der Waals surface area contributed by atoms with Crippen molar-refractivity contribution in [1.82, 2.24) is 9.78 Å². The molecule has 1 amide bonds. The van der Waals surface area contributed by atoms with Crippen molar-refractivity contribution < 1.29 is 31.5 Å². The van der Waals surface area contributed by atoms with Gasteiger partial charge < -0.3 is 10.1 Å². The molecule has 1 heterocycles. The number of amides is 1. The van der Waals surface area contributed by atoms with Crippen LogP contribution in [0.25, 0.3) is 0 Å². The monoisotopic (exact) mass is 445 g/mol. The maximum atomic E-state index is 13.8. The quantitative estimate of drug-likeness (QED) is 0.498. The molecule has 0 fully saturated rings. The Morgan fingerprint density at radius 1 is 1.20 bits per heavy atom. The normalized spacial score (nSPS) is 11.4. The number of ether oxygens (including phenoxy) is 1. The summed E-state index contributed by atoms with van der Waals surface area (Å²) in [4.78, 5) is 12.6. The molecule has 0 aliphatic rings. The van der Waals surface area contributed by atoms with Gasteiger partial charge in [-0.3, -0.25) is 9.48 Å². The minimum atomic E-state index is -4.71. The first kappa shape index (κ1) is 21.6. The number of carbonyl (C=O) groups excluding carboxylic acids is 1. The van der Waals surface area contributed by atoms with Crippen LogP contribution in [0.15, 0.2) is 42.6 Å². The van der Waals surface area contributed by atoms with E-state index in [1.54, 1.807) is 6.92 Å². The van der Waals surface area contributed by atoms with E-state index in [4.69, 9.17) is 16.3 Å². The summed E-state index contributed by atoms with van der Waals surface area (Å²) in [6.07, 6.45) is -3.42. The van der Waals surface area contributed by atoms with Crippen LogP contribution in [0.4, 0.5) is 27.6 Å². The van der Waals surface area contributed by atoms with Crippen molar-refractivity contribution in [1.29, 1.82) is 0 Å². The highest BCUT2D eigenvalue weighted by atomic mass is 35.5. The van der Waals surface area contributed by atoms with Gasteiger partial charge in [0.1, 0.15) is 22.9 Å². The molecule has 30 heavy (non-hydrogen) atoms. The Kier molecular flexibility index (Phi) is 5.97. The van der Waals surface area contributed by atoms with Crippen LogP contribution >= 0.6 is 11.6 Å². The molecule has 11 heteroatoms. The third-order valence-electron chi connectivity index (χ3n) is 3.93. The first-order valence-corrected chi connectivity index (χ1v) is 8.84. The van der Waals surface area contributed by atoms with Crippen LogP contribution < -0.4 is 10.1 Å². The molecule has 0 atom stereocenters. The molecule has 0 spiro atoms. The SMILES string of the molecule is CCn1cc(C(=O)Nc2ccc(F)cc2F)c(Oc2ccc(Cl)c(C(F)(F)F)c2)n1. The van der Waals surface area contributed by atoms with Crippen LogP contribution in [-0.4, -0.2) is 15.7 Å². The van der Waals surface area contributed by atoms with Crippen molar-refractivity contribution in [2.75, 3.05) is 5.32 Å². The summed E-state index contributed by atoms with van der Waals surface area (Å²) in [6, 6.07) is 5.44. The van der Waals surface area contributed by atoms with Crippen molar-refractivity contribution in [2.24, 2.45) is 0 Å². The fourth-order valence-corrected chi connectivity index (χ4v) is 2.70. The van der Waals surface area contributed by atoms with Gasteiger partial charge in [-0.1, -0.05) is 11.6 Å². The van der Waals surface area contributed by atoms with Gasteiger partial charge >= 0.3 is 6.18 Å². The third-order valence-corrected chi connectivity index (χ3v) is 4.26. The molecule has 0 radical (unpaired) electrons. The molecule has 1 aromatic heterocycles. The summed E-state index contributed by atoms with van der Waals surface area (Å²) in [7, 11) is 0. The largest absolute Gasteiger partial charge is 0.437 e. The molecule has 3 aromatic rings. The number of aromatic nitrogens is 2. The predicted molar refractivity (Wildman–Crippen MR) is 98.7 cm³/mol. The lowest BCUT2D eigenvalue weighted by Crippen LogP contribution is -2.13. The molecule has 0 bridgehead atoms. The summed E-state index contributed by atoms with van der Waals surface area (Å²) in [5.41, 5.74) is -1.57. The van der Waals surface area contributed by atoms with Gasteiger partial charge in [0.05, 0.1) is 16.3 Å². The lowest BCUT2D eigenvalue weighted by Gasteiger charge is -2.11. The summed E-state index contributed by atoms with van der Waals surface area (Å²) in [5, 5.41) is 5.74. The van der Waals surface area contributed by atoms with Gasteiger partial charge in [0, 0.05) is 18.8 Å². The van der Waals surface area contributed by atoms with Crippen LogP contribution in [0, 0.1) is 11.6 Å². The Bertz CT molecular complexity index is 1100. The number of halogens is 6. The smallest absolute Gasteiger partial charge is 0.417 e. The number of nitrogens with one attached hydrogen (secondary N) is 1. The zero-order valence-corrected chi connectivity index (χ0v) is 16.0. The molecule has 2 aromatic carbocycles. The first-order chi connectivity index (χ1) is 14.1. The van der Waals surface area contributed by atoms with E-state index < -0.39 is 34.3 Å². The van der Waals surface area contributed by atoms with Crippen LogP contribution in [0.3, 0.4) is 0 Å². The van der Waals surface area contributed by atoms with Crippen LogP contribution in [0.1, 0.15) is 22.8 Å². The van der Waals surface area contributed by atoms with E-state index in [2.05, 4.69) is 10.4 Å². The fourth-order valence-electron chi connectivity index (χ4n) is 2.47. The van der Waals surface area contributed by atoms with E-state index >= 15 is 0 Å². The van der Waals surface area contributed by atoms with Gasteiger partial charge in [-0.25, -0.2) is 8.78 Å². The standard InChI is InChI=1S/C19H13ClF5N3O2/c1-2-28-9-12(17(29)26-16-6-3-10(21)7-15(16)22)18(27-28)30-11-4-5-14(20)13(8-11)19(23,24)25/h3-9H,2H2,1H3,(H,26,29). The van der Waals surface area contributed by atoms with Gasteiger partial charge in [-0.05, 0) is 37.3 Å². The van der Waals surface area contributed by atoms with Gasteiger partial charge in [-0.15, -0.1) is 5.10 Å². The Morgan fingerprint density at radius 2 is 1.93 bits per heavy atom. The summed E-state index contributed by atoms with van der Waals surface area (Å²) >= 11 is 5.59. The summed E-state index contributed by atoms with van der Waals surface area (Å²) in [5.74, 6) is -3.22. The van der Waals surface area contributed by atoms with E-state index in [-0.39, 0.29) is 22.9 Å². The number of hydrogen-bond acceptors (Lipinski definition) is 3. The Balaban J connectivity index is 1.92. The summed E-state index contributed by atoms with van der Waals surface area (Å²) < 4.78 is 72.7. The van der Waals surface area contributed by atoms with Gasteiger partial charge in [-0.2, -0.15) is 13.2 Å². The maximum Gasteiger partial charge on any atom is 0.417 e. The van der Waals surface area contributed by atoms with Gasteiger partial charge in [0.15, 0.2) is 0 Å². The Hall–Kier alpha value is -3.14. The Morgan fingerprint density at radius 3 is 2.57 bits per heavy atom. The highest BCUT2D eigenvalue weighted by molar-refractivity contribution is 6.31. The van der Waals surface area contributed by atoms with Crippen LogP contribution in [-0.2, 0) is 12.7 Å². The zero-order chi connectivity index (χ0) is 22.1. The minimum absolute atomic E-state index is 0.163. The molecule has 0 saturated carbocycles. The molecular formula is C19H13ClF5N3O2. The maximum absolute atomic E-state index is 13.8. The van der Waals surface area contributed by atoms with Crippen LogP contribution in [0.5, 0.6) is 11.6 Å². The number of carbonyl (C=O) groups is 1. The molecule has 0 aliphatic heterocycles. The zero-order valence-electron chi connectivity index (χ0n) is 15.2. The number of nitrogens with zero attached hydrogens (tertiary/aromatic N) is 2. The lowest BCUT2D eigenvalue weighted by atomic mass is 10.2. The summed E-state index contributed by atoms with van der Waals surface area (Å²) in [6.45, 7) is 2.03. The number of rotatable bonds is 5. The van der Waals surface area contributed by atoms with Crippen molar-refractivity contribution in [3.8, 4) is 11.6 Å². The van der Waals surface area contributed by atoms with Crippen molar-refractivity contribution >= 4 is 23.2 Å². The lowest BCUT2D eigenvalue weighted by molar-refractivity contribution is -0.137. The van der Waals surface area contributed by atoms with Crippen molar-refractivity contribution in [3.63, 3.8) is 0 Å². The van der Waals surface area contributed by atoms with Gasteiger partial charge in [0.2, 0.25) is 0 Å². The van der Waals surface area contributed by atoms with E-state index in [9.17, 15) is 26.7 Å². The van der Waals surface area contributed by atoms with E-state index in [1.165, 1.54) is 16.9 Å². The number of anilines is 1. The number of hydrogen-bond donors (Lipinski definition) is 1. The molecular weight excluding hydrogens is 433 g/mol. The topological polar surface area (TPSA) is 56.2 Å². The second-order valence-corrected chi connectivity index (χ2v) is 6.43. The second-order valence-electron chi connectivity index (χ2n) is 6.02. The molecule has 0 aliphatic carbocycles. The molecule has 3 rings (SSSR count). The van der Waals surface area contributed by atoms with E-state index in [1.807, 2.05) is 0 Å². The first-order valence-electron chi connectivity index (χ1n) is 8.47. The van der Waals surface area contributed by atoms with Crippen molar-refractivity contribution in [3.05, 3.63) is 70.4 Å². The highest BCUT2D eigenvalue weighted by Gasteiger charge is 2.34. The minimum Gasteiger partial charge on any atom is -0.437 e. The second kappa shape index (κ2) is 8.31. The van der Waals surface area contributed by atoms with Crippen molar-refractivity contribution in [2.45, 2.75) is 19.6 Å². The number of aryl methyl sites for hydroxylation is 1. The fraction of sp³-hybridized carbons (Fsp3) is 0.158. The highest BCUT2D eigenvalue weighted by Crippen LogP contribution is 2.38. The molecule has 0 unspecified atom stereocenters. The Labute approximate surface area is 172 Å². The van der Waals surface area contributed by atoms with Gasteiger partial charge in [0.25, 0.3) is 11.8 Å². The predicted octanol–water partition coefficient (Wildman–Crippen LogP) is 5.90. The molecule has 158 valence electrons. The average molecular weight is 446 g/mol. The van der Waals surface area contributed by atoms with Crippen LogP contribution in [0.2, 0.25) is 5.02 Å². The third kappa shape index (κ3) is 4.70. The molecule has 5 nitrogen and oxygen atoms in total. The van der Waals surface area contributed by atoms with E-state index in [0.717, 1.165) is 18.2 Å². The van der Waals surface area contributed by atoms with E-state index in [0.29, 0.717) is 18.7 Å². The average Bonchev–Trinajstić information content (AvgIpc) is 3.07. The number of benzene rings is 2. The molecule has 0 saturated heterocycles. The number of alkyl halides is 3. The molecule has 1 N–H and O–H groups in total.